The molecule has 166 valence electrons. The van der Waals surface area contributed by atoms with Crippen LogP contribution in [0.3, 0.4) is 0 Å². The molecule has 0 aliphatic rings. The summed E-state index contributed by atoms with van der Waals surface area (Å²) in [7, 11) is -1.07. The number of alkyl halides is 3. The molecule has 2 aromatic carbocycles. The fraction of sp³-hybridized carbons (Fsp3) is 0.478. The summed E-state index contributed by atoms with van der Waals surface area (Å²) in [5.41, 5.74) is 5.62. The van der Waals surface area contributed by atoms with Gasteiger partial charge in [0.2, 0.25) is 0 Å². The lowest BCUT2D eigenvalue weighted by molar-refractivity contribution is -0.000947. The van der Waals surface area contributed by atoms with Gasteiger partial charge in [0.25, 0.3) is 14.7 Å². The fourth-order valence-electron chi connectivity index (χ4n) is 3.84. The number of benzene rings is 2. The molecule has 0 heterocycles. The second-order valence-corrected chi connectivity index (χ2v) is 12.9. The van der Waals surface area contributed by atoms with Crippen molar-refractivity contribution in [2.45, 2.75) is 51.0 Å². The highest BCUT2D eigenvalue weighted by Crippen LogP contribution is 2.36. The smallest absolute Gasteiger partial charge is 0.272 e. The number of hydrogen-bond acceptors (Lipinski definition) is 3. The van der Waals surface area contributed by atoms with E-state index in [-0.39, 0.29) is 5.04 Å². The zero-order chi connectivity index (χ0) is 22.4. The van der Waals surface area contributed by atoms with E-state index in [1.807, 2.05) is 36.4 Å². The minimum atomic E-state index is -3.09. The number of halogens is 3. The molecule has 2 atom stereocenters. The van der Waals surface area contributed by atoms with Gasteiger partial charge in [0.1, 0.15) is 0 Å². The van der Waals surface area contributed by atoms with Gasteiger partial charge in [-0.2, -0.15) is 0 Å². The first-order chi connectivity index (χ1) is 14.1. The Kier molecular flexibility index (Phi) is 8.67. The Morgan fingerprint density at radius 3 is 1.80 bits per heavy atom. The normalized spacial score (nSPS) is 14.9. The third-order valence-corrected chi connectivity index (χ3v) is 10.5. The number of rotatable bonds is 10. The van der Waals surface area contributed by atoms with Gasteiger partial charge < -0.3 is 10.2 Å². The first kappa shape index (κ1) is 24.6. The van der Waals surface area contributed by atoms with Crippen molar-refractivity contribution >= 4 is 18.7 Å². The Morgan fingerprint density at radius 2 is 1.40 bits per heavy atom. The van der Waals surface area contributed by atoms with Gasteiger partial charge in [-0.25, -0.2) is 13.2 Å². The minimum Gasteiger partial charge on any atom is -0.407 e. The summed E-state index contributed by atoms with van der Waals surface area (Å²) in [5, 5.41) is 2.21. The van der Waals surface area contributed by atoms with Gasteiger partial charge in [-0.3, -0.25) is 4.90 Å². The van der Waals surface area contributed by atoms with Crippen molar-refractivity contribution in [2.75, 3.05) is 20.2 Å². The summed E-state index contributed by atoms with van der Waals surface area (Å²) >= 11 is 0. The molecule has 2 unspecified atom stereocenters. The number of hydrogen-bond donors (Lipinski definition) is 1. The SMILES string of the molecule is CN(CCCO[Si](c1ccccc1)(c1ccccc1)C(C)(C)C)C(N)C(F)C(F)F. The van der Waals surface area contributed by atoms with E-state index >= 15 is 0 Å². The molecule has 0 fully saturated rings. The van der Waals surface area contributed by atoms with Crippen LogP contribution in [-0.2, 0) is 4.43 Å². The molecule has 3 nitrogen and oxygen atoms in total. The van der Waals surface area contributed by atoms with E-state index < -0.39 is 27.1 Å². The summed E-state index contributed by atoms with van der Waals surface area (Å²) in [6.45, 7) is 7.37. The van der Waals surface area contributed by atoms with Crippen molar-refractivity contribution in [1.82, 2.24) is 4.90 Å². The predicted molar refractivity (Wildman–Crippen MR) is 120 cm³/mol. The van der Waals surface area contributed by atoms with Gasteiger partial charge in [-0.15, -0.1) is 0 Å². The highest BCUT2D eigenvalue weighted by Gasteiger charge is 2.49. The monoisotopic (exact) mass is 438 g/mol. The average Bonchev–Trinajstić information content (AvgIpc) is 2.72. The first-order valence-electron chi connectivity index (χ1n) is 10.2. The van der Waals surface area contributed by atoms with E-state index in [0.717, 1.165) is 0 Å². The molecule has 0 aromatic heterocycles. The maximum atomic E-state index is 13.5. The maximum Gasteiger partial charge on any atom is 0.272 e. The van der Waals surface area contributed by atoms with Crippen LogP contribution in [0.25, 0.3) is 0 Å². The van der Waals surface area contributed by atoms with Crippen molar-refractivity contribution < 1.29 is 17.6 Å². The second kappa shape index (κ2) is 10.6. The molecule has 0 aliphatic heterocycles. The van der Waals surface area contributed by atoms with Crippen LogP contribution in [0.2, 0.25) is 5.04 Å². The highest BCUT2D eigenvalue weighted by molar-refractivity contribution is 6.99. The summed E-state index contributed by atoms with van der Waals surface area (Å²) in [6, 6.07) is 20.5. The molecule has 0 amide bonds. The Balaban J connectivity index is 2.21. The second-order valence-electron chi connectivity index (χ2n) is 8.62. The lowest BCUT2D eigenvalue weighted by Gasteiger charge is -2.43. The number of nitrogens with zero attached hydrogens (tertiary/aromatic N) is 1. The van der Waals surface area contributed by atoms with Crippen LogP contribution >= 0.6 is 0 Å². The molecule has 2 rings (SSSR count). The van der Waals surface area contributed by atoms with Gasteiger partial charge in [-0.1, -0.05) is 81.4 Å². The van der Waals surface area contributed by atoms with Gasteiger partial charge in [0, 0.05) is 13.2 Å². The van der Waals surface area contributed by atoms with Crippen molar-refractivity contribution in [3.05, 3.63) is 60.7 Å². The quantitative estimate of drug-likeness (QED) is 0.349. The fourth-order valence-corrected chi connectivity index (χ4v) is 8.45. The summed E-state index contributed by atoms with van der Waals surface area (Å²) in [6.07, 6.45) is -6.23. The Hall–Kier alpha value is -1.67. The average molecular weight is 439 g/mol. The molecule has 2 aromatic rings. The third kappa shape index (κ3) is 5.52. The van der Waals surface area contributed by atoms with Crippen LogP contribution in [0, 0.1) is 0 Å². The Labute approximate surface area is 179 Å². The van der Waals surface area contributed by atoms with E-state index in [9.17, 15) is 13.2 Å². The molecule has 0 bridgehead atoms. The zero-order valence-corrected chi connectivity index (χ0v) is 19.2. The molecule has 7 heteroatoms. The summed E-state index contributed by atoms with van der Waals surface area (Å²) in [5.74, 6) is 0. The van der Waals surface area contributed by atoms with Crippen LogP contribution in [-0.4, -0.2) is 52.2 Å². The van der Waals surface area contributed by atoms with Crippen molar-refractivity contribution in [3.63, 3.8) is 0 Å². The standard InChI is InChI=1S/C23H33F3N2OSi/c1-23(2,3)30(18-12-7-5-8-13-18,19-14-9-6-10-15-19)29-17-11-16-28(4)22(27)20(24)21(25)26/h5-10,12-15,20-22H,11,16-17,27H2,1-4H3. The van der Waals surface area contributed by atoms with Crippen LogP contribution in [0.1, 0.15) is 27.2 Å². The maximum absolute atomic E-state index is 13.5. The highest BCUT2D eigenvalue weighted by atomic mass is 28.4. The van der Waals surface area contributed by atoms with E-state index in [2.05, 4.69) is 45.0 Å². The van der Waals surface area contributed by atoms with E-state index in [4.69, 9.17) is 10.2 Å². The lowest BCUT2D eigenvalue weighted by atomic mass is 10.2. The van der Waals surface area contributed by atoms with Crippen molar-refractivity contribution in [3.8, 4) is 0 Å². The lowest BCUT2D eigenvalue weighted by Crippen LogP contribution is -2.66. The van der Waals surface area contributed by atoms with Gasteiger partial charge in [0.05, 0.1) is 6.17 Å². The van der Waals surface area contributed by atoms with Crippen LogP contribution in [0.15, 0.2) is 60.7 Å². The van der Waals surface area contributed by atoms with Gasteiger partial charge in [0.15, 0.2) is 6.17 Å². The first-order valence-corrected chi connectivity index (χ1v) is 12.1. The van der Waals surface area contributed by atoms with E-state index in [1.165, 1.54) is 15.3 Å². The van der Waals surface area contributed by atoms with Crippen molar-refractivity contribution in [2.24, 2.45) is 5.73 Å². The third-order valence-electron chi connectivity index (χ3n) is 5.47. The molecular formula is C23H33F3N2OSi. The van der Waals surface area contributed by atoms with Gasteiger partial charge >= 0.3 is 0 Å². The van der Waals surface area contributed by atoms with Crippen LogP contribution in [0.5, 0.6) is 0 Å². The zero-order valence-electron chi connectivity index (χ0n) is 18.2. The van der Waals surface area contributed by atoms with E-state index in [1.54, 1.807) is 7.05 Å². The Bertz CT molecular complexity index is 717. The molecule has 0 saturated carbocycles. The number of nitrogens with two attached hydrogens (primary N) is 1. The summed E-state index contributed by atoms with van der Waals surface area (Å²) in [4.78, 5) is 1.42. The molecule has 0 saturated heterocycles. The van der Waals surface area contributed by atoms with Crippen molar-refractivity contribution in [1.29, 1.82) is 0 Å². The minimum absolute atomic E-state index is 0.141. The van der Waals surface area contributed by atoms with Crippen LogP contribution in [0.4, 0.5) is 13.2 Å². The molecule has 0 aliphatic carbocycles. The van der Waals surface area contributed by atoms with Gasteiger partial charge in [-0.05, 0) is 28.9 Å². The van der Waals surface area contributed by atoms with E-state index in [0.29, 0.717) is 19.6 Å². The Morgan fingerprint density at radius 1 is 0.933 bits per heavy atom. The molecule has 30 heavy (non-hydrogen) atoms. The largest absolute Gasteiger partial charge is 0.407 e. The van der Waals surface area contributed by atoms with Crippen LogP contribution < -0.4 is 16.1 Å². The molecular weight excluding hydrogens is 405 g/mol. The predicted octanol–water partition coefficient (Wildman–Crippen LogP) is 3.77. The molecule has 2 N–H and O–H groups in total. The topological polar surface area (TPSA) is 38.5 Å². The molecule has 0 radical (unpaired) electrons. The molecule has 0 spiro atoms. The summed E-state index contributed by atoms with van der Waals surface area (Å²) < 4.78 is 45.4.